The second-order valence-electron chi connectivity index (χ2n) is 8.99. The average Bonchev–Trinajstić information content (AvgIpc) is 3.56. The highest BCUT2D eigenvalue weighted by atomic mass is 16.6. The highest BCUT2D eigenvalue weighted by molar-refractivity contribution is 6.06. The molecule has 11 heteroatoms. The van der Waals surface area contributed by atoms with Crippen molar-refractivity contribution in [3.63, 3.8) is 0 Å². The highest BCUT2D eigenvalue weighted by Gasteiger charge is 2.59. The van der Waals surface area contributed by atoms with Crippen LogP contribution in [0.2, 0.25) is 0 Å². The van der Waals surface area contributed by atoms with Crippen molar-refractivity contribution in [3.05, 3.63) is 70.3 Å². The maximum absolute atomic E-state index is 12.9. The van der Waals surface area contributed by atoms with E-state index in [0.717, 1.165) is 11.4 Å². The molecule has 1 N–H and O–H groups in total. The number of benzene rings is 2. The maximum Gasteiger partial charge on any atom is 0.315 e. The van der Waals surface area contributed by atoms with E-state index in [1.807, 2.05) is 12.2 Å². The molecular formula is C26H24N4O7. The third-order valence-corrected chi connectivity index (χ3v) is 6.73. The zero-order valence-electron chi connectivity index (χ0n) is 19.9. The maximum atomic E-state index is 12.9. The number of hydrogen-bond donors (Lipinski definition) is 1. The number of amides is 3. The van der Waals surface area contributed by atoms with E-state index >= 15 is 0 Å². The van der Waals surface area contributed by atoms with Crippen molar-refractivity contribution in [1.29, 1.82) is 0 Å². The summed E-state index contributed by atoms with van der Waals surface area (Å²) in [4.78, 5) is 49.2. The van der Waals surface area contributed by atoms with Gasteiger partial charge in [-0.25, -0.2) is 0 Å². The van der Waals surface area contributed by atoms with Crippen molar-refractivity contribution in [2.45, 2.75) is 13.3 Å². The van der Waals surface area contributed by atoms with Crippen LogP contribution in [0.15, 0.2) is 59.7 Å². The van der Waals surface area contributed by atoms with Gasteiger partial charge in [-0.3, -0.25) is 24.5 Å². The summed E-state index contributed by atoms with van der Waals surface area (Å²) in [5.41, 5.74) is 0.342. The van der Waals surface area contributed by atoms with Gasteiger partial charge in [0, 0.05) is 17.3 Å². The van der Waals surface area contributed by atoms with Crippen LogP contribution < -0.4 is 14.8 Å². The van der Waals surface area contributed by atoms with Gasteiger partial charge in [-0.15, -0.1) is 0 Å². The normalized spacial score (nSPS) is 23.5. The number of nitro benzene ring substituents is 1. The molecule has 3 amide bonds. The number of ether oxygens (including phenoxy) is 2. The molecule has 5 rings (SSSR count). The van der Waals surface area contributed by atoms with E-state index in [9.17, 15) is 24.5 Å². The minimum Gasteiger partial charge on any atom is -0.490 e. The third kappa shape index (κ3) is 4.55. The Labute approximate surface area is 211 Å². The Bertz CT molecular complexity index is 1290. The summed E-state index contributed by atoms with van der Waals surface area (Å²) in [6.45, 7) is 1.38. The lowest BCUT2D eigenvalue weighted by Crippen LogP contribution is -2.28. The molecule has 2 aliphatic carbocycles. The zero-order valence-corrected chi connectivity index (χ0v) is 19.9. The molecule has 2 bridgehead atoms. The van der Waals surface area contributed by atoms with Crippen LogP contribution in [-0.4, -0.2) is 47.1 Å². The van der Waals surface area contributed by atoms with Gasteiger partial charge in [0.1, 0.15) is 0 Å². The third-order valence-electron chi connectivity index (χ3n) is 6.73. The van der Waals surface area contributed by atoms with Crippen LogP contribution in [-0.2, 0) is 14.4 Å². The molecule has 11 nitrogen and oxygen atoms in total. The van der Waals surface area contributed by atoms with Crippen LogP contribution in [0.1, 0.15) is 18.9 Å². The van der Waals surface area contributed by atoms with Crippen LogP contribution in [0, 0.1) is 33.8 Å². The number of nitrogens with one attached hydrogen (secondary N) is 1. The number of carbonyl (C=O) groups is 3. The average molecular weight is 504 g/mol. The van der Waals surface area contributed by atoms with Crippen molar-refractivity contribution in [3.8, 4) is 11.5 Å². The summed E-state index contributed by atoms with van der Waals surface area (Å²) in [5, 5.41) is 19.4. The first-order chi connectivity index (χ1) is 17.9. The summed E-state index contributed by atoms with van der Waals surface area (Å²) < 4.78 is 11.1. The molecule has 3 aliphatic rings. The SMILES string of the molecule is CCOc1cc(C=NN2C(=O)[C@@H]3[C@H](C2=O)[C@H]2C=C[C@H]3C2)cc([N+](=O)[O-])c1OCC(=O)Nc1ccccc1. The number of fused-ring (bicyclic) bond motifs is 5. The number of anilines is 1. The van der Waals surface area contributed by atoms with E-state index < -0.39 is 35.0 Å². The van der Waals surface area contributed by atoms with E-state index in [4.69, 9.17) is 9.47 Å². The lowest BCUT2D eigenvalue weighted by Gasteiger charge is -2.14. The van der Waals surface area contributed by atoms with Crippen LogP contribution in [0.3, 0.4) is 0 Å². The van der Waals surface area contributed by atoms with Gasteiger partial charge in [-0.05, 0) is 43.4 Å². The minimum absolute atomic E-state index is 0.0313. The first-order valence-electron chi connectivity index (χ1n) is 11.9. The first kappa shape index (κ1) is 24.2. The van der Waals surface area contributed by atoms with Gasteiger partial charge in [0.15, 0.2) is 12.4 Å². The summed E-state index contributed by atoms with van der Waals surface area (Å²) in [7, 11) is 0. The monoisotopic (exact) mass is 504 g/mol. The van der Waals surface area contributed by atoms with E-state index in [2.05, 4.69) is 10.4 Å². The predicted octanol–water partition coefficient (Wildman–Crippen LogP) is 3.15. The number of imide groups is 1. The molecule has 0 aromatic heterocycles. The Morgan fingerprint density at radius 3 is 2.43 bits per heavy atom. The molecule has 37 heavy (non-hydrogen) atoms. The summed E-state index contributed by atoms with van der Waals surface area (Å²) in [5.74, 6) is -2.09. The molecule has 1 heterocycles. The smallest absolute Gasteiger partial charge is 0.315 e. The fourth-order valence-electron chi connectivity index (χ4n) is 5.21. The first-order valence-corrected chi connectivity index (χ1v) is 11.9. The van der Waals surface area contributed by atoms with E-state index in [1.54, 1.807) is 37.3 Å². The number of nitro groups is 1. The second kappa shape index (κ2) is 9.84. The van der Waals surface area contributed by atoms with Gasteiger partial charge in [0.25, 0.3) is 17.7 Å². The molecule has 2 aromatic carbocycles. The molecule has 190 valence electrons. The van der Waals surface area contributed by atoms with Crippen molar-refractivity contribution >= 4 is 35.3 Å². The van der Waals surface area contributed by atoms with E-state index in [-0.39, 0.29) is 47.3 Å². The number of allylic oxidation sites excluding steroid dienone is 2. The van der Waals surface area contributed by atoms with E-state index in [1.165, 1.54) is 18.3 Å². The minimum atomic E-state index is -0.662. The molecular weight excluding hydrogens is 480 g/mol. The van der Waals surface area contributed by atoms with Crippen molar-refractivity contribution < 1.29 is 28.8 Å². The molecule has 0 radical (unpaired) electrons. The van der Waals surface area contributed by atoms with Crippen molar-refractivity contribution in [1.82, 2.24) is 5.01 Å². The molecule has 1 aliphatic heterocycles. The van der Waals surface area contributed by atoms with Crippen LogP contribution in [0.4, 0.5) is 11.4 Å². The number of hydrazone groups is 1. The molecule has 0 unspecified atom stereocenters. The van der Waals surface area contributed by atoms with Gasteiger partial charge in [-0.2, -0.15) is 10.1 Å². The zero-order chi connectivity index (χ0) is 26.1. The predicted molar refractivity (Wildman–Crippen MR) is 132 cm³/mol. The Hall–Kier alpha value is -4.54. The highest BCUT2D eigenvalue weighted by Crippen LogP contribution is 2.52. The molecule has 1 saturated heterocycles. The number of carbonyl (C=O) groups excluding carboxylic acids is 3. The Balaban J connectivity index is 1.36. The van der Waals surface area contributed by atoms with Crippen molar-refractivity contribution in [2.75, 3.05) is 18.5 Å². The summed E-state index contributed by atoms with van der Waals surface area (Å²) >= 11 is 0. The van der Waals surface area contributed by atoms with Crippen LogP contribution in [0.25, 0.3) is 0 Å². The largest absolute Gasteiger partial charge is 0.490 e. The lowest BCUT2D eigenvalue weighted by molar-refractivity contribution is -0.385. The fraction of sp³-hybridized carbons (Fsp3) is 0.308. The Morgan fingerprint density at radius 2 is 1.81 bits per heavy atom. The van der Waals surface area contributed by atoms with Crippen LogP contribution in [0.5, 0.6) is 11.5 Å². The van der Waals surface area contributed by atoms with Gasteiger partial charge in [0.05, 0.1) is 29.6 Å². The van der Waals surface area contributed by atoms with E-state index in [0.29, 0.717) is 5.69 Å². The molecule has 2 aromatic rings. The topological polar surface area (TPSA) is 140 Å². The van der Waals surface area contributed by atoms with Crippen LogP contribution >= 0.6 is 0 Å². The number of hydrogen-bond acceptors (Lipinski definition) is 8. The summed E-state index contributed by atoms with van der Waals surface area (Å²) in [6, 6.07) is 11.3. The molecule has 4 atom stereocenters. The van der Waals surface area contributed by atoms with Gasteiger partial charge >= 0.3 is 5.69 Å². The standard InChI is InChI=1S/C26H24N4O7/c1-2-36-20-11-15(13-27-29-25(32)22-16-8-9-17(12-16)23(22)26(29)33)10-19(30(34)35)24(20)37-14-21(31)28-18-6-4-3-5-7-18/h3-11,13,16-17,22-23H,2,12,14H2,1H3,(H,28,31)/t16-,17-,22-,23+/m0/s1. The Kier molecular flexibility index (Phi) is 6.43. The van der Waals surface area contributed by atoms with Gasteiger partial charge in [-0.1, -0.05) is 30.4 Å². The lowest BCUT2D eigenvalue weighted by atomic mass is 9.85. The molecule has 0 spiro atoms. The Morgan fingerprint density at radius 1 is 1.14 bits per heavy atom. The van der Waals surface area contributed by atoms with Crippen molar-refractivity contribution in [2.24, 2.45) is 28.8 Å². The summed E-state index contributed by atoms with van der Waals surface area (Å²) in [6.07, 6.45) is 5.99. The fourth-order valence-corrected chi connectivity index (χ4v) is 5.21. The second-order valence-corrected chi connectivity index (χ2v) is 8.99. The van der Waals surface area contributed by atoms with Gasteiger partial charge < -0.3 is 14.8 Å². The number of nitrogens with zero attached hydrogens (tertiary/aromatic N) is 3. The number of para-hydroxylation sites is 1. The quantitative estimate of drug-likeness (QED) is 0.182. The molecule has 2 fully saturated rings. The number of rotatable bonds is 9. The van der Waals surface area contributed by atoms with Gasteiger partial charge in [0.2, 0.25) is 5.75 Å². The molecule has 1 saturated carbocycles.